The van der Waals surface area contributed by atoms with Gasteiger partial charge >= 0.3 is 0 Å². The first-order valence-electron chi connectivity index (χ1n) is 9.36. The Labute approximate surface area is 165 Å². The summed E-state index contributed by atoms with van der Waals surface area (Å²) in [7, 11) is 0. The van der Waals surface area contributed by atoms with Crippen LogP contribution >= 0.6 is 0 Å². The number of hydrogen-bond acceptors (Lipinski definition) is 5. The van der Waals surface area contributed by atoms with E-state index in [1.165, 1.54) is 0 Å². The number of benzene rings is 2. The molecule has 0 bridgehead atoms. The standard InChI is InChI=1S/C22H25N3O3/c1-15(2)25(22(26)17(4)27-19-12-8-9-16(3)13-19)14-20-23-21(24-28-20)18-10-6-5-7-11-18/h5-13,15,17H,14H2,1-4H3/t17-/m1/s1. The number of ether oxygens (including phenoxy) is 1. The molecule has 28 heavy (non-hydrogen) atoms. The van der Waals surface area contributed by atoms with E-state index in [4.69, 9.17) is 9.26 Å². The van der Waals surface area contributed by atoms with Crippen LogP contribution in [0.1, 0.15) is 32.2 Å². The average Bonchev–Trinajstić information content (AvgIpc) is 3.15. The minimum absolute atomic E-state index is 0.0388. The monoisotopic (exact) mass is 379 g/mol. The van der Waals surface area contributed by atoms with Gasteiger partial charge in [0.05, 0.1) is 0 Å². The molecular weight excluding hydrogens is 354 g/mol. The topological polar surface area (TPSA) is 68.5 Å². The second kappa shape index (κ2) is 8.69. The third kappa shape index (κ3) is 4.76. The minimum atomic E-state index is -0.624. The Morgan fingerprint density at radius 3 is 2.54 bits per heavy atom. The van der Waals surface area contributed by atoms with Crippen LogP contribution in [0.15, 0.2) is 59.1 Å². The molecule has 1 atom stereocenters. The highest BCUT2D eigenvalue weighted by Crippen LogP contribution is 2.19. The van der Waals surface area contributed by atoms with Crippen molar-refractivity contribution in [1.82, 2.24) is 15.0 Å². The first-order valence-corrected chi connectivity index (χ1v) is 9.36. The molecule has 1 amide bonds. The Balaban J connectivity index is 1.71. The number of nitrogens with zero attached hydrogens (tertiary/aromatic N) is 3. The predicted octanol–water partition coefficient (Wildman–Crippen LogP) is 4.25. The van der Waals surface area contributed by atoms with Crippen molar-refractivity contribution in [2.75, 3.05) is 0 Å². The Hall–Kier alpha value is -3.15. The van der Waals surface area contributed by atoms with Crippen molar-refractivity contribution in [2.45, 2.75) is 46.4 Å². The summed E-state index contributed by atoms with van der Waals surface area (Å²) in [6.45, 7) is 7.87. The molecule has 2 aromatic carbocycles. The Morgan fingerprint density at radius 1 is 1.11 bits per heavy atom. The molecule has 0 saturated carbocycles. The van der Waals surface area contributed by atoms with Crippen molar-refractivity contribution in [2.24, 2.45) is 0 Å². The van der Waals surface area contributed by atoms with Crippen LogP contribution in [0.25, 0.3) is 11.4 Å². The van der Waals surface area contributed by atoms with Crippen LogP contribution in [0, 0.1) is 6.92 Å². The summed E-state index contributed by atoms with van der Waals surface area (Å²) in [5.41, 5.74) is 1.95. The summed E-state index contributed by atoms with van der Waals surface area (Å²) in [6.07, 6.45) is -0.624. The normalized spacial score (nSPS) is 12.0. The lowest BCUT2D eigenvalue weighted by Crippen LogP contribution is -2.43. The SMILES string of the molecule is Cc1cccc(O[C@H](C)C(=O)N(Cc2nc(-c3ccccc3)no2)C(C)C)c1. The molecule has 6 nitrogen and oxygen atoms in total. The van der Waals surface area contributed by atoms with Crippen LogP contribution in [0.3, 0.4) is 0 Å². The van der Waals surface area contributed by atoms with E-state index >= 15 is 0 Å². The van der Waals surface area contributed by atoms with Gasteiger partial charge in [-0.25, -0.2) is 0 Å². The van der Waals surface area contributed by atoms with Crippen molar-refractivity contribution < 1.29 is 14.1 Å². The fraction of sp³-hybridized carbons (Fsp3) is 0.318. The molecule has 0 fully saturated rings. The van der Waals surface area contributed by atoms with E-state index in [9.17, 15) is 4.79 Å². The third-order valence-electron chi connectivity index (χ3n) is 4.36. The molecule has 146 valence electrons. The van der Waals surface area contributed by atoms with E-state index in [-0.39, 0.29) is 18.5 Å². The second-order valence-electron chi connectivity index (χ2n) is 7.01. The summed E-state index contributed by atoms with van der Waals surface area (Å²) in [6, 6.07) is 17.2. The van der Waals surface area contributed by atoms with Gasteiger partial charge in [-0.1, -0.05) is 47.6 Å². The van der Waals surface area contributed by atoms with E-state index in [0.717, 1.165) is 11.1 Å². The molecule has 0 aliphatic carbocycles. The maximum Gasteiger partial charge on any atom is 0.264 e. The first kappa shape index (κ1) is 19.6. The van der Waals surface area contributed by atoms with Gasteiger partial charge in [0.25, 0.3) is 5.91 Å². The molecule has 6 heteroatoms. The molecule has 0 saturated heterocycles. The van der Waals surface area contributed by atoms with E-state index < -0.39 is 6.10 Å². The molecule has 1 aromatic heterocycles. The van der Waals surface area contributed by atoms with Crippen molar-refractivity contribution in [3.05, 3.63) is 66.1 Å². The van der Waals surface area contributed by atoms with Gasteiger partial charge in [0.1, 0.15) is 12.3 Å². The number of aromatic nitrogens is 2. The third-order valence-corrected chi connectivity index (χ3v) is 4.36. The van der Waals surface area contributed by atoms with Crippen LogP contribution in [-0.4, -0.2) is 33.1 Å². The lowest BCUT2D eigenvalue weighted by molar-refractivity contribution is -0.140. The van der Waals surface area contributed by atoms with Gasteiger partial charge < -0.3 is 14.2 Å². The molecule has 0 aliphatic rings. The summed E-state index contributed by atoms with van der Waals surface area (Å²) < 4.78 is 11.2. The van der Waals surface area contributed by atoms with Gasteiger partial charge in [-0.05, 0) is 45.4 Å². The number of hydrogen-bond donors (Lipinski definition) is 0. The highest BCUT2D eigenvalue weighted by Gasteiger charge is 2.26. The van der Waals surface area contributed by atoms with Crippen LogP contribution in [0.2, 0.25) is 0 Å². The Morgan fingerprint density at radius 2 is 1.86 bits per heavy atom. The summed E-state index contributed by atoms with van der Waals surface area (Å²) in [4.78, 5) is 19.1. The van der Waals surface area contributed by atoms with Gasteiger partial charge in [0.2, 0.25) is 11.7 Å². The minimum Gasteiger partial charge on any atom is -0.481 e. The fourth-order valence-electron chi connectivity index (χ4n) is 2.86. The molecule has 3 rings (SSSR count). The maximum absolute atomic E-state index is 13.0. The highest BCUT2D eigenvalue weighted by molar-refractivity contribution is 5.81. The molecule has 0 spiro atoms. The van der Waals surface area contributed by atoms with Crippen LogP contribution in [0.4, 0.5) is 0 Å². The average molecular weight is 379 g/mol. The highest BCUT2D eigenvalue weighted by atomic mass is 16.5. The second-order valence-corrected chi connectivity index (χ2v) is 7.01. The molecular formula is C22H25N3O3. The summed E-state index contributed by atoms with van der Waals surface area (Å²) in [5.74, 6) is 1.45. The zero-order chi connectivity index (χ0) is 20.1. The summed E-state index contributed by atoms with van der Waals surface area (Å²) >= 11 is 0. The number of aryl methyl sites for hydroxylation is 1. The van der Waals surface area contributed by atoms with Crippen molar-refractivity contribution in [1.29, 1.82) is 0 Å². The van der Waals surface area contributed by atoms with Crippen LogP contribution in [-0.2, 0) is 11.3 Å². The Bertz CT molecular complexity index is 922. The molecule has 0 radical (unpaired) electrons. The fourth-order valence-corrected chi connectivity index (χ4v) is 2.86. The predicted molar refractivity (Wildman–Crippen MR) is 107 cm³/mol. The number of carbonyl (C=O) groups excluding carboxylic acids is 1. The van der Waals surface area contributed by atoms with Crippen molar-refractivity contribution >= 4 is 5.91 Å². The van der Waals surface area contributed by atoms with Crippen LogP contribution in [0.5, 0.6) is 5.75 Å². The largest absolute Gasteiger partial charge is 0.481 e. The lowest BCUT2D eigenvalue weighted by atomic mass is 10.2. The number of rotatable bonds is 7. The summed E-state index contributed by atoms with van der Waals surface area (Å²) in [5, 5.41) is 4.03. The van der Waals surface area contributed by atoms with Gasteiger partial charge in [0.15, 0.2) is 6.10 Å². The maximum atomic E-state index is 13.0. The van der Waals surface area contributed by atoms with Gasteiger partial charge in [-0.3, -0.25) is 4.79 Å². The van der Waals surface area contributed by atoms with E-state index in [2.05, 4.69) is 10.1 Å². The number of amides is 1. The molecule has 0 aliphatic heterocycles. The van der Waals surface area contributed by atoms with E-state index in [1.54, 1.807) is 11.8 Å². The van der Waals surface area contributed by atoms with Gasteiger partial charge in [-0.15, -0.1) is 0 Å². The molecule has 0 unspecified atom stereocenters. The smallest absolute Gasteiger partial charge is 0.264 e. The van der Waals surface area contributed by atoms with Crippen molar-refractivity contribution in [3.63, 3.8) is 0 Å². The van der Waals surface area contributed by atoms with Gasteiger partial charge in [-0.2, -0.15) is 4.98 Å². The van der Waals surface area contributed by atoms with E-state index in [0.29, 0.717) is 17.5 Å². The van der Waals surface area contributed by atoms with Crippen molar-refractivity contribution in [3.8, 4) is 17.1 Å². The zero-order valence-corrected chi connectivity index (χ0v) is 16.6. The van der Waals surface area contributed by atoms with Gasteiger partial charge in [0, 0.05) is 11.6 Å². The number of carbonyl (C=O) groups is 1. The first-order chi connectivity index (χ1) is 13.4. The quantitative estimate of drug-likeness (QED) is 0.614. The lowest BCUT2D eigenvalue weighted by Gasteiger charge is -2.28. The zero-order valence-electron chi connectivity index (χ0n) is 16.6. The molecule has 1 heterocycles. The Kier molecular flexibility index (Phi) is 6.09. The van der Waals surface area contributed by atoms with Crippen LogP contribution < -0.4 is 4.74 Å². The molecule has 3 aromatic rings. The molecule has 0 N–H and O–H groups in total. The van der Waals surface area contributed by atoms with E-state index in [1.807, 2.05) is 75.4 Å².